The van der Waals surface area contributed by atoms with Crippen molar-refractivity contribution in [3.05, 3.63) is 33.3 Å². The van der Waals surface area contributed by atoms with Crippen molar-refractivity contribution in [2.24, 2.45) is 5.84 Å². The van der Waals surface area contributed by atoms with Gasteiger partial charge in [0.2, 0.25) is 0 Å². The number of carbonyl (C=O) groups is 2. The molecule has 1 aromatic carbocycles. The third kappa shape index (κ3) is 1.87. The maximum atomic E-state index is 11.1. The van der Waals surface area contributed by atoms with Gasteiger partial charge in [0, 0.05) is 5.56 Å². The summed E-state index contributed by atoms with van der Waals surface area (Å²) in [5.74, 6) is 4.36. The number of halogens is 2. The summed E-state index contributed by atoms with van der Waals surface area (Å²) in [5.41, 5.74) is 2.27. The molecule has 74 valence electrons. The van der Waals surface area contributed by atoms with E-state index in [-0.39, 0.29) is 21.2 Å². The number of hydrazine groups is 1. The van der Waals surface area contributed by atoms with E-state index in [2.05, 4.69) is 0 Å². The molecule has 0 aliphatic heterocycles. The van der Waals surface area contributed by atoms with Crippen LogP contribution in [0.15, 0.2) is 12.1 Å². The highest BCUT2D eigenvalue weighted by Crippen LogP contribution is 2.28. The molecule has 0 atom stereocenters. The normalized spacial score (nSPS) is 9.64. The molecule has 0 aliphatic rings. The van der Waals surface area contributed by atoms with Gasteiger partial charge in [-0.1, -0.05) is 23.2 Å². The molecule has 0 unspecified atom stereocenters. The van der Waals surface area contributed by atoms with Crippen molar-refractivity contribution in [3.63, 3.8) is 0 Å². The van der Waals surface area contributed by atoms with Crippen LogP contribution in [-0.2, 0) is 0 Å². The minimum Gasteiger partial charge on any atom is -0.298 e. The molecule has 0 fully saturated rings. The van der Waals surface area contributed by atoms with Crippen molar-refractivity contribution in [3.8, 4) is 0 Å². The molecular weight excluding hydrogens is 227 g/mol. The lowest BCUT2D eigenvalue weighted by atomic mass is 10.1. The van der Waals surface area contributed by atoms with Gasteiger partial charge in [-0.3, -0.25) is 15.0 Å². The third-order valence-corrected chi connectivity index (χ3v) is 2.51. The van der Waals surface area contributed by atoms with Crippen LogP contribution in [0.3, 0.4) is 0 Å². The number of rotatable bonds is 2. The van der Waals surface area contributed by atoms with E-state index in [4.69, 9.17) is 29.0 Å². The standard InChI is InChI=1S/C8H6Cl2N2O2/c9-6-4(3-13)1-2-5(7(6)10)8(14)12-11/h1-3H,11H2,(H,12,14). The molecule has 0 radical (unpaired) electrons. The minimum atomic E-state index is -0.561. The highest BCUT2D eigenvalue weighted by atomic mass is 35.5. The summed E-state index contributed by atoms with van der Waals surface area (Å²) in [5, 5.41) is 0.0574. The minimum absolute atomic E-state index is 0.0132. The Morgan fingerprint density at radius 1 is 1.36 bits per heavy atom. The van der Waals surface area contributed by atoms with Crippen LogP contribution in [0.25, 0.3) is 0 Å². The van der Waals surface area contributed by atoms with Crippen LogP contribution in [0.5, 0.6) is 0 Å². The lowest BCUT2D eigenvalue weighted by Gasteiger charge is -2.05. The summed E-state index contributed by atoms with van der Waals surface area (Å²) in [7, 11) is 0. The van der Waals surface area contributed by atoms with Gasteiger partial charge < -0.3 is 0 Å². The topological polar surface area (TPSA) is 72.2 Å². The van der Waals surface area contributed by atoms with E-state index in [9.17, 15) is 9.59 Å². The molecule has 1 amide bonds. The van der Waals surface area contributed by atoms with Gasteiger partial charge in [-0.2, -0.15) is 0 Å². The number of nitrogens with one attached hydrogen (secondary N) is 1. The zero-order chi connectivity index (χ0) is 10.7. The quantitative estimate of drug-likeness (QED) is 0.351. The predicted molar refractivity (Wildman–Crippen MR) is 53.5 cm³/mol. The second-order valence-corrected chi connectivity index (χ2v) is 3.18. The van der Waals surface area contributed by atoms with Crippen LogP contribution in [0.2, 0.25) is 10.0 Å². The van der Waals surface area contributed by atoms with E-state index >= 15 is 0 Å². The average molecular weight is 233 g/mol. The number of hydrogen-bond acceptors (Lipinski definition) is 3. The van der Waals surface area contributed by atoms with Gasteiger partial charge in [-0.25, -0.2) is 5.84 Å². The zero-order valence-electron chi connectivity index (χ0n) is 6.88. The van der Waals surface area contributed by atoms with Gasteiger partial charge in [-0.15, -0.1) is 0 Å². The van der Waals surface area contributed by atoms with Crippen LogP contribution >= 0.6 is 23.2 Å². The SMILES string of the molecule is NNC(=O)c1ccc(C=O)c(Cl)c1Cl. The smallest absolute Gasteiger partial charge is 0.266 e. The first-order valence-electron chi connectivity index (χ1n) is 3.56. The Morgan fingerprint density at radius 2 is 2.00 bits per heavy atom. The Kier molecular flexibility index (Phi) is 3.46. The van der Waals surface area contributed by atoms with Crippen molar-refractivity contribution in [2.45, 2.75) is 0 Å². The fourth-order valence-corrected chi connectivity index (χ4v) is 1.38. The Morgan fingerprint density at radius 3 is 2.50 bits per heavy atom. The Bertz CT molecular complexity index is 393. The second-order valence-electron chi connectivity index (χ2n) is 2.42. The van der Waals surface area contributed by atoms with E-state index in [1.165, 1.54) is 12.1 Å². The first-order chi connectivity index (χ1) is 6.61. The molecule has 0 aromatic heterocycles. The van der Waals surface area contributed by atoms with Crippen LogP contribution in [0.4, 0.5) is 0 Å². The summed E-state index contributed by atoms with van der Waals surface area (Å²) >= 11 is 11.5. The van der Waals surface area contributed by atoms with Gasteiger partial charge in [0.25, 0.3) is 5.91 Å². The molecule has 0 heterocycles. The number of carbonyl (C=O) groups excluding carboxylic acids is 2. The molecule has 0 aliphatic carbocycles. The maximum Gasteiger partial charge on any atom is 0.266 e. The molecule has 0 bridgehead atoms. The van der Waals surface area contributed by atoms with Crippen molar-refractivity contribution in [2.75, 3.05) is 0 Å². The molecule has 1 rings (SSSR count). The van der Waals surface area contributed by atoms with Crippen LogP contribution in [-0.4, -0.2) is 12.2 Å². The molecule has 0 saturated carbocycles. The van der Waals surface area contributed by atoms with Gasteiger partial charge >= 0.3 is 0 Å². The summed E-state index contributed by atoms with van der Waals surface area (Å²) in [6, 6.07) is 2.77. The molecule has 0 saturated heterocycles. The number of hydrogen-bond donors (Lipinski definition) is 2. The van der Waals surface area contributed by atoms with E-state index in [1.54, 1.807) is 0 Å². The van der Waals surface area contributed by atoms with E-state index in [0.717, 1.165) is 0 Å². The molecule has 3 N–H and O–H groups in total. The van der Waals surface area contributed by atoms with Crippen LogP contribution in [0, 0.1) is 0 Å². The van der Waals surface area contributed by atoms with Crippen LogP contribution in [0.1, 0.15) is 20.7 Å². The average Bonchev–Trinajstić information content (AvgIpc) is 2.21. The van der Waals surface area contributed by atoms with E-state index < -0.39 is 5.91 Å². The maximum absolute atomic E-state index is 11.1. The van der Waals surface area contributed by atoms with Crippen molar-refractivity contribution in [1.82, 2.24) is 5.43 Å². The number of nitrogen functional groups attached to an aromatic ring is 1. The largest absolute Gasteiger partial charge is 0.298 e. The summed E-state index contributed by atoms with van der Waals surface area (Å²) < 4.78 is 0. The van der Waals surface area contributed by atoms with Crippen LogP contribution < -0.4 is 11.3 Å². The Balaban J connectivity index is 3.30. The fourth-order valence-electron chi connectivity index (χ4n) is 0.909. The second kappa shape index (κ2) is 4.41. The Hall–Kier alpha value is -1.10. The predicted octanol–water partition coefficient (Wildman–Crippen LogP) is 1.41. The lowest BCUT2D eigenvalue weighted by molar-refractivity contribution is 0.0953. The Labute approximate surface area is 90.0 Å². The molecule has 6 heteroatoms. The molecule has 0 spiro atoms. The molecular formula is C8H6Cl2N2O2. The van der Waals surface area contributed by atoms with Crippen molar-refractivity contribution < 1.29 is 9.59 Å². The summed E-state index contributed by atoms with van der Waals surface area (Å²) in [4.78, 5) is 21.6. The third-order valence-electron chi connectivity index (χ3n) is 1.61. The van der Waals surface area contributed by atoms with Gasteiger partial charge in [0.05, 0.1) is 15.6 Å². The highest BCUT2D eigenvalue weighted by molar-refractivity contribution is 6.45. The molecule has 4 nitrogen and oxygen atoms in total. The number of benzene rings is 1. The van der Waals surface area contributed by atoms with Crippen molar-refractivity contribution >= 4 is 35.4 Å². The van der Waals surface area contributed by atoms with Gasteiger partial charge in [-0.05, 0) is 12.1 Å². The molecule has 1 aromatic rings. The number of amides is 1. The van der Waals surface area contributed by atoms with E-state index in [0.29, 0.717) is 6.29 Å². The summed E-state index contributed by atoms with van der Waals surface area (Å²) in [6.45, 7) is 0. The van der Waals surface area contributed by atoms with E-state index in [1.807, 2.05) is 5.43 Å². The van der Waals surface area contributed by atoms with Gasteiger partial charge in [0.15, 0.2) is 6.29 Å². The monoisotopic (exact) mass is 232 g/mol. The first kappa shape index (κ1) is 11.0. The van der Waals surface area contributed by atoms with Gasteiger partial charge in [0.1, 0.15) is 0 Å². The lowest BCUT2D eigenvalue weighted by Crippen LogP contribution is -2.30. The highest BCUT2D eigenvalue weighted by Gasteiger charge is 2.14. The number of nitrogens with two attached hydrogens (primary N) is 1. The van der Waals surface area contributed by atoms with Crippen molar-refractivity contribution in [1.29, 1.82) is 0 Å². The fraction of sp³-hybridized carbons (Fsp3) is 0. The first-order valence-corrected chi connectivity index (χ1v) is 4.31. The number of aldehydes is 1. The molecule has 14 heavy (non-hydrogen) atoms. The summed E-state index contributed by atoms with van der Waals surface area (Å²) in [6.07, 6.45) is 0.554. The zero-order valence-corrected chi connectivity index (χ0v) is 8.39.